The Morgan fingerprint density at radius 3 is 2.73 bits per heavy atom. The van der Waals surface area contributed by atoms with E-state index in [4.69, 9.17) is 16.1 Å². The number of aryl methyl sites for hydroxylation is 1. The van der Waals surface area contributed by atoms with Crippen molar-refractivity contribution in [1.29, 1.82) is 0 Å². The van der Waals surface area contributed by atoms with E-state index in [9.17, 15) is 0 Å². The topological polar surface area (TPSA) is 38.1 Å². The second-order valence-electron chi connectivity index (χ2n) is 4.78. The van der Waals surface area contributed by atoms with Gasteiger partial charge in [-0.2, -0.15) is 0 Å². The van der Waals surface area contributed by atoms with E-state index in [0.29, 0.717) is 6.54 Å². The summed E-state index contributed by atoms with van der Waals surface area (Å²) >= 11 is 7.98. The van der Waals surface area contributed by atoms with Gasteiger partial charge in [0.2, 0.25) is 0 Å². The average Bonchev–Trinajstić information content (AvgIpc) is 3.09. The van der Waals surface area contributed by atoms with Crippen molar-refractivity contribution in [3.05, 3.63) is 63.8 Å². The normalized spacial score (nSPS) is 10.5. The van der Waals surface area contributed by atoms with Crippen LogP contribution in [-0.4, -0.2) is 5.16 Å². The lowest BCUT2D eigenvalue weighted by molar-refractivity contribution is 0.388. The Kier molecular flexibility index (Phi) is 6.03. The number of hydrogen-bond donors (Lipinski definition) is 1. The highest BCUT2D eigenvalue weighted by Crippen LogP contribution is 2.33. The molecule has 0 bridgehead atoms. The molecule has 0 aliphatic carbocycles. The van der Waals surface area contributed by atoms with Crippen molar-refractivity contribution in [2.45, 2.75) is 20.0 Å². The molecule has 2 aromatic heterocycles. The molecule has 0 aliphatic rings. The fourth-order valence-corrected chi connectivity index (χ4v) is 3.40. The fraction of sp³-hybridized carbons (Fsp3) is 0.188. The minimum Gasteiger partial charge on any atom is -0.361 e. The van der Waals surface area contributed by atoms with Crippen LogP contribution in [0.15, 0.2) is 47.0 Å². The lowest BCUT2D eigenvalue weighted by atomic mass is 10.2. The number of nitrogens with one attached hydrogen (secondary N) is 1. The van der Waals surface area contributed by atoms with Gasteiger partial charge in [-0.1, -0.05) is 35.0 Å². The van der Waals surface area contributed by atoms with Gasteiger partial charge in [0.15, 0.2) is 0 Å². The van der Waals surface area contributed by atoms with Crippen molar-refractivity contribution in [3.63, 3.8) is 0 Å². The fourth-order valence-electron chi connectivity index (χ4n) is 2.09. The Morgan fingerprint density at radius 2 is 2.00 bits per heavy atom. The number of benzene rings is 1. The number of halogens is 2. The molecule has 3 rings (SSSR count). The smallest absolute Gasteiger partial charge is 0.133 e. The first-order valence-electron chi connectivity index (χ1n) is 6.69. The van der Waals surface area contributed by atoms with Crippen LogP contribution in [0.25, 0.3) is 10.4 Å². The van der Waals surface area contributed by atoms with E-state index in [1.807, 2.05) is 37.3 Å². The molecule has 0 unspecified atom stereocenters. The van der Waals surface area contributed by atoms with Gasteiger partial charge < -0.3 is 9.84 Å². The summed E-state index contributed by atoms with van der Waals surface area (Å²) in [5, 5.41) is 8.11. The van der Waals surface area contributed by atoms with Gasteiger partial charge in [-0.25, -0.2) is 0 Å². The summed E-state index contributed by atoms with van der Waals surface area (Å²) in [6.07, 6.45) is 0. The zero-order valence-electron chi connectivity index (χ0n) is 12.0. The van der Waals surface area contributed by atoms with Crippen molar-refractivity contribution in [2.75, 3.05) is 0 Å². The third kappa shape index (κ3) is 4.11. The van der Waals surface area contributed by atoms with E-state index in [2.05, 4.69) is 22.6 Å². The molecule has 2 heterocycles. The van der Waals surface area contributed by atoms with Crippen LogP contribution in [0.2, 0.25) is 5.02 Å². The summed E-state index contributed by atoms with van der Waals surface area (Å²) in [6.45, 7) is 3.41. The summed E-state index contributed by atoms with van der Waals surface area (Å²) in [5.41, 5.74) is 2.01. The molecular formula is C16H16Cl2N2OS. The van der Waals surface area contributed by atoms with Gasteiger partial charge in [-0.05, 0) is 25.1 Å². The highest BCUT2D eigenvalue weighted by Gasteiger charge is 2.06. The molecule has 22 heavy (non-hydrogen) atoms. The quantitative estimate of drug-likeness (QED) is 0.694. The monoisotopic (exact) mass is 354 g/mol. The van der Waals surface area contributed by atoms with Crippen LogP contribution in [0, 0.1) is 6.92 Å². The highest BCUT2D eigenvalue weighted by molar-refractivity contribution is 7.15. The summed E-state index contributed by atoms with van der Waals surface area (Å²) in [5.74, 6) is 0.837. The molecule has 0 fully saturated rings. The van der Waals surface area contributed by atoms with Crippen LogP contribution >= 0.6 is 35.3 Å². The Bertz CT molecular complexity index is 739. The highest BCUT2D eigenvalue weighted by atomic mass is 35.5. The summed E-state index contributed by atoms with van der Waals surface area (Å²) < 4.78 is 5.04. The Morgan fingerprint density at radius 1 is 1.18 bits per heavy atom. The maximum atomic E-state index is 6.23. The van der Waals surface area contributed by atoms with Crippen LogP contribution in [0.3, 0.4) is 0 Å². The molecule has 0 spiro atoms. The van der Waals surface area contributed by atoms with Gasteiger partial charge in [0.25, 0.3) is 0 Å². The van der Waals surface area contributed by atoms with E-state index in [-0.39, 0.29) is 12.4 Å². The first-order valence-corrected chi connectivity index (χ1v) is 7.88. The van der Waals surface area contributed by atoms with Crippen molar-refractivity contribution >= 4 is 35.3 Å². The number of nitrogens with zero attached hydrogens (tertiary/aromatic N) is 1. The maximum Gasteiger partial charge on any atom is 0.133 e. The molecule has 116 valence electrons. The molecule has 3 aromatic rings. The van der Waals surface area contributed by atoms with Crippen molar-refractivity contribution < 1.29 is 4.52 Å². The molecule has 6 heteroatoms. The molecular weight excluding hydrogens is 339 g/mol. The SMILES string of the molecule is Cc1cc(CNCc2ccc(-c3ccccc3Cl)s2)no1.Cl. The van der Waals surface area contributed by atoms with E-state index in [0.717, 1.165) is 28.6 Å². The van der Waals surface area contributed by atoms with Gasteiger partial charge in [0.1, 0.15) is 5.76 Å². The maximum absolute atomic E-state index is 6.23. The van der Waals surface area contributed by atoms with Gasteiger partial charge in [0.05, 0.1) is 5.69 Å². The van der Waals surface area contributed by atoms with Gasteiger partial charge >= 0.3 is 0 Å². The van der Waals surface area contributed by atoms with E-state index >= 15 is 0 Å². The molecule has 0 atom stereocenters. The van der Waals surface area contributed by atoms with Crippen molar-refractivity contribution in [3.8, 4) is 10.4 Å². The minimum atomic E-state index is 0. The first-order chi connectivity index (χ1) is 10.2. The molecule has 3 nitrogen and oxygen atoms in total. The molecule has 1 N–H and O–H groups in total. The summed E-state index contributed by atoms with van der Waals surface area (Å²) in [4.78, 5) is 2.46. The predicted octanol–water partition coefficient (Wildman–Crippen LogP) is 5.08. The van der Waals surface area contributed by atoms with Gasteiger partial charge in [-0.3, -0.25) is 0 Å². The third-order valence-electron chi connectivity index (χ3n) is 3.08. The molecule has 0 amide bonds. The summed E-state index contributed by atoms with van der Waals surface area (Å²) in [6, 6.07) is 14.1. The van der Waals surface area contributed by atoms with Crippen molar-refractivity contribution in [1.82, 2.24) is 10.5 Å². The molecule has 0 radical (unpaired) electrons. The van der Waals surface area contributed by atoms with Crippen molar-refractivity contribution in [2.24, 2.45) is 0 Å². The number of hydrogen-bond acceptors (Lipinski definition) is 4. The Hall–Kier alpha value is -1.33. The van der Waals surface area contributed by atoms with E-state index in [1.165, 1.54) is 9.75 Å². The zero-order chi connectivity index (χ0) is 14.7. The van der Waals surface area contributed by atoms with E-state index in [1.54, 1.807) is 11.3 Å². The number of thiophene rings is 1. The van der Waals surface area contributed by atoms with E-state index < -0.39 is 0 Å². The standard InChI is InChI=1S/C16H15ClN2OS.ClH/c1-11-8-12(19-20-11)9-18-10-13-6-7-16(21-13)14-4-2-3-5-15(14)17;/h2-8,18H,9-10H2,1H3;1H. The lowest BCUT2D eigenvalue weighted by Crippen LogP contribution is -2.11. The van der Waals surface area contributed by atoms with Gasteiger partial charge in [0, 0.05) is 39.5 Å². The zero-order valence-corrected chi connectivity index (χ0v) is 14.4. The molecule has 1 aromatic carbocycles. The van der Waals surface area contributed by atoms with Crippen LogP contribution in [0.1, 0.15) is 16.3 Å². The number of aromatic nitrogens is 1. The lowest BCUT2D eigenvalue weighted by Gasteiger charge is -2.01. The molecule has 0 aliphatic heterocycles. The number of rotatable bonds is 5. The largest absolute Gasteiger partial charge is 0.361 e. The van der Waals surface area contributed by atoms with Crippen LogP contribution < -0.4 is 5.32 Å². The predicted molar refractivity (Wildman–Crippen MR) is 93.8 cm³/mol. The van der Waals surface area contributed by atoms with Crippen LogP contribution in [0.4, 0.5) is 0 Å². The van der Waals surface area contributed by atoms with Crippen LogP contribution in [-0.2, 0) is 13.1 Å². The average molecular weight is 355 g/mol. The Balaban J connectivity index is 0.00000176. The first kappa shape index (κ1) is 17.0. The molecule has 0 saturated heterocycles. The second kappa shape index (κ2) is 7.79. The Labute approximate surface area is 144 Å². The second-order valence-corrected chi connectivity index (χ2v) is 6.35. The molecule has 0 saturated carbocycles. The third-order valence-corrected chi connectivity index (χ3v) is 4.53. The van der Waals surface area contributed by atoms with Gasteiger partial charge in [-0.15, -0.1) is 23.7 Å². The van der Waals surface area contributed by atoms with Crippen LogP contribution in [0.5, 0.6) is 0 Å². The summed E-state index contributed by atoms with van der Waals surface area (Å²) in [7, 11) is 0. The minimum absolute atomic E-state index is 0.